The van der Waals surface area contributed by atoms with Crippen molar-refractivity contribution in [2.45, 2.75) is 43.5 Å². The van der Waals surface area contributed by atoms with E-state index in [-0.39, 0.29) is 34.2 Å². The van der Waals surface area contributed by atoms with Gasteiger partial charge < -0.3 is 15.7 Å². The van der Waals surface area contributed by atoms with Crippen LogP contribution in [0.3, 0.4) is 0 Å². The second-order valence-corrected chi connectivity index (χ2v) is 8.79. The molecule has 0 unspecified atom stereocenters. The molecule has 3 rings (SSSR count). The van der Waals surface area contributed by atoms with Gasteiger partial charge in [0, 0.05) is 25.0 Å². The first-order valence-electron chi connectivity index (χ1n) is 8.75. The molecule has 2 aliphatic heterocycles. The summed E-state index contributed by atoms with van der Waals surface area (Å²) in [6, 6.07) is 4.32. The lowest BCUT2D eigenvalue weighted by atomic mass is 9.92. The molecule has 2 atom stereocenters. The van der Waals surface area contributed by atoms with Gasteiger partial charge in [-0.25, -0.2) is 8.42 Å². The SMILES string of the molecule is C[C@H]1C[C@@H](C(=O)Nc2cc(S(=O)(=O)N3CCCC3)ccc2O)CCN1. The van der Waals surface area contributed by atoms with Gasteiger partial charge in [-0.1, -0.05) is 0 Å². The third kappa shape index (κ3) is 3.96. The van der Waals surface area contributed by atoms with Gasteiger partial charge in [-0.2, -0.15) is 4.31 Å². The van der Waals surface area contributed by atoms with E-state index < -0.39 is 10.0 Å². The Kier molecular flexibility index (Phi) is 5.31. The minimum absolute atomic E-state index is 0.0983. The molecular weight excluding hydrogens is 342 g/mol. The Labute approximate surface area is 148 Å². The summed E-state index contributed by atoms with van der Waals surface area (Å²) < 4.78 is 26.7. The Balaban J connectivity index is 1.78. The maximum absolute atomic E-state index is 12.7. The molecule has 0 aliphatic carbocycles. The van der Waals surface area contributed by atoms with Gasteiger partial charge in [-0.3, -0.25) is 4.79 Å². The van der Waals surface area contributed by atoms with Crippen molar-refractivity contribution >= 4 is 21.6 Å². The van der Waals surface area contributed by atoms with Gasteiger partial charge in [0.2, 0.25) is 15.9 Å². The van der Waals surface area contributed by atoms with Crippen LogP contribution in [0.4, 0.5) is 5.69 Å². The first-order valence-corrected chi connectivity index (χ1v) is 10.2. The number of benzene rings is 1. The van der Waals surface area contributed by atoms with Gasteiger partial charge >= 0.3 is 0 Å². The molecule has 0 bridgehead atoms. The van der Waals surface area contributed by atoms with Gasteiger partial charge in [0.25, 0.3) is 0 Å². The molecule has 2 saturated heterocycles. The fourth-order valence-corrected chi connectivity index (χ4v) is 5.00. The fourth-order valence-electron chi connectivity index (χ4n) is 3.46. The number of carbonyl (C=O) groups excluding carboxylic acids is 1. The average Bonchev–Trinajstić information content (AvgIpc) is 3.12. The summed E-state index contributed by atoms with van der Waals surface area (Å²) in [5.41, 5.74) is 0.149. The normalized spacial score (nSPS) is 25.0. The Morgan fingerprint density at radius 1 is 1.32 bits per heavy atom. The van der Waals surface area contributed by atoms with Crippen LogP contribution in [-0.2, 0) is 14.8 Å². The number of nitrogens with zero attached hydrogens (tertiary/aromatic N) is 1. The van der Waals surface area contributed by atoms with Gasteiger partial charge in [-0.05, 0) is 57.4 Å². The summed E-state index contributed by atoms with van der Waals surface area (Å²) in [5, 5.41) is 16.0. The first kappa shape index (κ1) is 18.2. The number of piperidine rings is 1. The molecule has 1 aromatic rings. The molecule has 8 heteroatoms. The van der Waals surface area contributed by atoms with Crippen molar-refractivity contribution in [1.29, 1.82) is 0 Å². The van der Waals surface area contributed by atoms with E-state index in [0.717, 1.165) is 32.2 Å². The van der Waals surface area contributed by atoms with E-state index in [4.69, 9.17) is 0 Å². The highest BCUT2D eigenvalue weighted by molar-refractivity contribution is 7.89. The Morgan fingerprint density at radius 2 is 2.04 bits per heavy atom. The Hall–Kier alpha value is -1.64. The van der Waals surface area contributed by atoms with Crippen LogP contribution in [0.2, 0.25) is 0 Å². The number of amides is 1. The maximum atomic E-state index is 12.7. The number of aromatic hydroxyl groups is 1. The lowest BCUT2D eigenvalue weighted by Gasteiger charge is -2.27. The molecule has 2 fully saturated rings. The number of rotatable bonds is 4. The number of anilines is 1. The lowest BCUT2D eigenvalue weighted by Crippen LogP contribution is -2.40. The first-order chi connectivity index (χ1) is 11.9. The standard InChI is InChI=1S/C17H25N3O4S/c1-12-10-13(6-7-18-12)17(22)19-15-11-14(4-5-16(15)21)25(23,24)20-8-2-3-9-20/h4-5,11-13,18,21H,2-3,6-10H2,1H3,(H,19,22)/t12-,13-/m0/s1. The molecule has 2 aliphatic rings. The summed E-state index contributed by atoms with van der Waals surface area (Å²) in [6.07, 6.45) is 3.16. The molecule has 1 amide bonds. The van der Waals surface area contributed by atoms with E-state index in [9.17, 15) is 18.3 Å². The van der Waals surface area contributed by atoms with Crippen LogP contribution in [0.25, 0.3) is 0 Å². The summed E-state index contributed by atoms with van der Waals surface area (Å²) in [7, 11) is -3.59. The third-order valence-corrected chi connectivity index (χ3v) is 6.82. The molecule has 0 saturated carbocycles. The average molecular weight is 367 g/mol. The predicted molar refractivity (Wildman–Crippen MR) is 94.9 cm³/mol. The number of sulfonamides is 1. The van der Waals surface area contributed by atoms with Crippen molar-refractivity contribution in [3.8, 4) is 5.75 Å². The topological polar surface area (TPSA) is 98.7 Å². The van der Waals surface area contributed by atoms with Crippen LogP contribution in [0.15, 0.2) is 23.1 Å². The number of hydrogen-bond donors (Lipinski definition) is 3. The highest BCUT2D eigenvalue weighted by Crippen LogP contribution is 2.30. The number of phenolic OH excluding ortho intramolecular Hbond substituents is 1. The van der Waals surface area contributed by atoms with Crippen LogP contribution < -0.4 is 10.6 Å². The fraction of sp³-hybridized carbons (Fsp3) is 0.588. The van der Waals surface area contributed by atoms with Gasteiger partial charge in [0.05, 0.1) is 10.6 Å². The van der Waals surface area contributed by atoms with E-state index in [1.165, 1.54) is 22.5 Å². The molecule has 2 heterocycles. The molecule has 0 radical (unpaired) electrons. The van der Waals surface area contributed by atoms with Crippen molar-refractivity contribution in [3.05, 3.63) is 18.2 Å². The Bertz CT molecular complexity index is 744. The zero-order valence-corrected chi connectivity index (χ0v) is 15.2. The molecule has 0 spiro atoms. The minimum Gasteiger partial charge on any atom is -0.506 e. The second-order valence-electron chi connectivity index (χ2n) is 6.86. The summed E-state index contributed by atoms with van der Waals surface area (Å²) in [6.45, 7) is 3.82. The minimum atomic E-state index is -3.59. The van der Waals surface area contributed by atoms with Crippen molar-refractivity contribution in [2.75, 3.05) is 25.0 Å². The highest BCUT2D eigenvalue weighted by Gasteiger charge is 2.29. The van der Waals surface area contributed by atoms with E-state index in [2.05, 4.69) is 10.6 Å². The molecule has 3 N–H and O–H groups in total. The quantitative estimate of drug-likeness (QED) is 0.701. The zero-order valence-electron chi connectivity index (χ0n) is 14.4. The van der Waals surface area contributed by atoms with Gasteiger partial charge in [0.15, 0.2) is 0 Å². The highest BCUT2D eigenvalue weighted by atomic mass is 32.2. The van der Waals surface area contributed by atoms with Crippen LogP contribution in [-0.4, -0.2) is 49.4 Å². The second kappa shape index (κ2) is 7.31. The molecule has 138 valence electrons. The number of carbonyl (C=O) groups is 1. The van der Waals surface area contributed by atoms with E-state index >= 15 is 0 Å². The monoisotopic (exact) mass is 367 g/mol. The molecular formula is C17H25N3O4S. The molecule has 7 nitrogen and oxygen atoms in total. The largest absolute Gasteiger partial charge is 0.506 e. The van der Waals surface area contributed by atoms with Gasteiger partial charge in [-0.15, -0.1) is 0 Å². The molecule has 0 aromatic heterocycles. The number of nitrogens with one attached hydrogen (secondary N) is 2. The van der Waals surface area contributed by atoms with Crippen LogP contribution >= 0.6 is 0 Å². The van der Waals surface area contributed by atoms with E-state index in [0.29, 0.717) is 13.1 Å². The molecule has 25 heavy (non-hydrogen) atoms. The zero-order chi connectivity index (χ0) is 18.0. The Morgan fingerprint density at radius 3 is 2.72 bits per heavy atom. The summed E-state index contributed by atoms with van der Waals surface area (Å²) >= 11 is 0. The summed E-state index contributed by atoms with van der Waals surface area (Å²) in [4.78, 5) is 12.6. The predicted octanol–water partition coefficient (Wildman–Crippen LogP) is 1.50. The lowest BCUT2D eigenvalue weighted by molar-refractivity contribution is -0.120. The van der Waals surface area contributed by atoms with Crippen molar-refractivity contribution < 1.29 is 18.3 Å². The van der Waals surface area contributed by atoms with E-state index in [1.54, 1.807) is 0 Å². The number of hydrogen-bond acceptors (Lipinski definition) is 5. The van der Waals surface area contributed by atoms with Crippen molar-refractivity contribution in [3.63, 3.8) is 0 Å². The number of phenols is 1. The van der Waals surface area contributed by atoms with Crippen LogP contribution in [0.5, 0.6) is 5.75 Å². The van der Waals surface area contributed by atoms with Crippen LogP contribution in [0.1, 0.15) is 32.6 Å². The van der Waals surface area contributed by atoms with E-state index in [1.807, 2.05) is 6.92 Å². The smallest absolute Gasteiger partial charge is 0.243 e. The molecule has 1 aromatic carbocycles. The van der Waals surface area contributed by atoms with Crippen molar-refractivity contribution in [1.82, 2.24) is 9.62 Å². The van der Waals surface area contributed by atoms with Crippen LogP contribution in [0, 0.1) is 5.92 Å². The van der Waals surface area contributed by atoms with Crippen molar-refractivity contribution in [2.24, 2.45) is 5.92 Å². The maximum Gasteiger partial charge on any atom is 0.243 e. The summed E-state index contributed by atoms with van der Waals surface area (Å²) in [5.74, 6) is -0.454. The third-order valence-electron chi connectivity index (χ3n) is 4.92. The van der Waals surface area contributed by atoms with Gasteiger partial charge in [0.1, 0.15) is 5.75 Å².